The third kappa shape index (κ3) is 2.59. The van der Waals surface area contributed by atoms with Crippen LogP contribution in [0.15, 0.2) is 18.2 Å². The number of nitrogens with one attached hydrogen (secondary N) is 1. The van der Waals surface area contributed by atoms with Gasteiger partial charge >= 0.3 is 0 Å². The molecule has 0 heterocycles. The van der Waals surface area contributed by atoms with Gasteiger partial charge in [-0.3, -0.25) is 0 Å². The zero-order valence-electron chi connectivity index (χ0n) is 11.2. The highest BCUT2D eigenvalue weighted by Gasteiger charge is 2.41. The predicted octanol–water partition coefficient (Wildman–Crippen LogP) is 3.97. The van der Waals surface area contributed by atoms with E-state index in [1.807, 2.05) is 19.1 Å². The Kier molecular flexibility index (Phi) is 3.14. The molecular weight excluding hydrogens is 225 g/mol. The Morgan fingerprint density at radius 3 is 2.28 bits per heavy atom. The summed E-state index contributed by atoms with van der Waals surface area (Å²) in [5.74, 6) is 1.68. The molecule has 2 fully saturated rings. The molecular formula is C16H22FN. The predicted molar refractivity (Wildman–Crippen MR) is 71.9 cm³/mol. The Morgan fingerprint density at radius 1 is 1.17 bits per heavy atom. The molecule has 0 radical (unpaired) electrons. The highest BCUT2D eigenvalue weighted by atomic mass is 19.1. The van der Waals surface area contributed by atoms with Gasteiger partial charge in [0.05, 0.1) is 0 Å². The smallest absolute Gasteiger partial charge is 0.126 e. The van der Waals surface area contributed by atoms with Crippen LogP contribution in [0.4, 0.5) is 4.39 Å². The van der Waals surface area contributed by atoms with Crippen LogP contribution < -0.4 is 5.32 Å². The normalized spacial score (nSPS) is 21.3. The third-order valence-corrected chi connectivity index (χ3v) is 4.40. The molecule has 1 aromatic rings. The van der Waals surface area contributed by atoms with Crippen molar-refractivity contribution >= 4 is 0 Å². The van der Waals surface area contributed by atoms with Crippen molar-refractivity contribution in [2.24, 2.45) is 11.8 Å². The molecule has 0 spiro atoms. The van der Waals surface area contributed by atoms with E-state index in [2.05, 4.69) is 12.2 Å². The molecule has 2 heteroatoms. The topological polar surface area (TPSA) is 12.0 Å². The number of benzene rings is 1. The molecule has 0 aliphatic heterocycles. The summed E-state index contributed by atoms with van der Waals surface area (Å²) in [5.41, 5.74) is 1.80. The fourth-order valence-corrected chi connectivity index (χ4v) is 2.83. The summed E-state index contributed by atoms with van der Waals surface area (Å²) >= 11 is 0. The molecule has 3 rings (SSSR count). The Morgan fingerprint density at radius 2 is 1.78 bits per heavy atom. The van der Waals surface area contributed by atoms with Crippen molar-refractivity contribution in [1.82, 2.24) is 5.32 Å². The van der Waals surface area contributed by atoms with E-state index in [0.29, 0.717) is 6.04 Å². The highest BCUT2D eigenvalue weighted by molar-refractivity contribution is 5.25. The lowest BCUT2D eigenvalue weighted by atomic mass is 10.0. The first-order valence-corrected chi connectivity index (χ1v) is 7.17. The molecule has 0 amide bonds. The lowest BCUT2D eigenvalue weighted by molar-refractivity contribution is 0.377. The molecule has 2 saturated carbocycles. The van der Waals surface area contributed by atoms with Gasteiger partial charge in [0, 0.05) is 12.1 Å². The van der Waals surface area contributed by atoms with Crippen LogP contribution in [-0.2, 0) is 0 Å². The summed E-state index contributed by atoms with van der Waals surface area (Å²) in [6, 6.07) is 6.54. The summed E-state index contributed by atoms with van der Waals surface area (Å²) in [6.07, 6.45) is 5.51. The van der Waals surface area contributed by atoms with E-state index in [9.17, 15) is 4.39 Å². The molecule has 98 valence electrons. The van der Waals surface area contributed by atoms with Crippen molar-refractivity contribution in [3.63, 3.8) is 0 Å². The van der Waals surface area contributed by atoms with E-state index in [4.69, 9.17) is 0 Å². The molecule has 2 aliphatic carbocycles. The van der Waals surface area contributed by atoms with Crippen molar-refractivity contribution < 1.29 is 4.39 Å². The fraction of sp³-hybridized carbons (Fsp3) is 0.625. The minimum Gasteiger partial charge on any atom is -0.307 e. The van der Waals surface area contributed by atoms with Crippen LogP contribution >= 0.6 is 0 Å². The summed E-state index contributed by atoms with van der Waals surface area (Å²) in [4.78, 5) is 0. The number of rotatable bonds is 5. The quantitative estimate of drug-likeness (QED) is 0.830. The molecule has 0 aromatic heterocycles. The standard InChI is InChI=1S/C16H22FN/c1-10-3-4-14(9-15(10)17)11(2)18-16(12-5-6-12)13-7-8-13/h3-4,9,11-13,16,18H,5-8H2,1-2H3. The maximum Gasteiger partial charge on any atom is 0.126 e. The summed E-state index contributed by atoms with van der Waals surface area (Å²) in [7, 11) is 0. The average Bonchev–Trinajstić information content (AvgIpc) is 3.22. The lowest BCUT2D eigenvalue weighted by Crippen LogP contribution is -2.35. The second-order valence-corrected chi connectivity index (χ2v) is 6.10. The number of aryl methyl sites for hydroxylation is 1. The Labute approximate surface area is 109 Å². The van der Waals surface area contributed by atoms with Gasteiger partial charge < -0.3 is 5.32 Å². The maximum absolute atomic E-state index is 13.6. The second kappa shape index (κ2) is 4.65. The fourth-order valence-electron chi connectivity index (χ4n) is 2.83. The molecule has 1 unspecified atom stereocenters. The molecule has 1 nitrogen and oxygen atoms in total. The van der Waals surface area contributed by atoms with Crippen molar-refractivity contribution in [3.8, 4) is 0 Å². The van der Waals surface area contributed by atoms with Crippen LogP contribution in [0, 0.1) is 24.6 Å². The van der Waals surface area contributed by atoms with Gasteiger partial charge in [-0.1, -0.05) is 12.1 Å². The van der Waals surface area contributed by atoms with E-state index >= 15 is 0 Å². The lowest BCUT2D eigenvalue weighted by Gasteiger charge is -2.23. The number of hydrogen-bond acceptors (Lipinski definition) is 1. The van der Waals surface area contributed by atoms with Crippen LogP contribution in [0.25, 0.3) is 0 Å². The van der Waals surface area contributed by atoms with Crippen LogP contribution in [0.3, 0.4) is 0 Å². The minimum absolute atomic E-state index is 0.0875. The van der Waals surface area contributed by atoms with E-state index in [1.54, 1.807) is 6.07 Å². The molecule has 2 aliphatic rings. The first-order chi connectivity index (χ1) is 8.65. The molecule has 1 atom stereocenters. The molecule has 0 saturated heterocycles. The van der Waals surface area contributed by atoms with E-state index in [1.165, 1.54) is 25.7 Å². The van der Waals surface area contributed by atoms with Gasteiger partial charge in [-0.25, -0.2) is 4.39 Å². The summed E-state index contributed by atoms with van der Waals surface area (Å²) in [6.45, 7) is 3.97. The average molecular weight is 247 g/mol. The van der Waals surface area contributed by atoms with Crippen molar-refractivity contribution in [2.45, 2.75) is 51.6 Å². The summed E-state index contributed by atoms with van der Waals surface area (Å²) < 4.78 is 13.6. The highest BCUT2D eigenvalue weighted by Crippen LogP contribution is 2.45. The summed E-state index contributed by atoms with van der Waals surface area (Å²) in [5, 5.41) is 3.74. The van der Waals surface area contributed by atoms with E-state index < -0.39 is 0 Å². The van der Waals surface area contributed by atoms with Gasteiger partial charge in [-0.15, -0.1) is 0 Å². The van der Waals surface area contributed by atoms with E-state index in [-0.39, 0.29) is 11.9 Å². The molecule has 1 N–H and O–H groups in total. The van der Waals surface area contributed by atoms with Crippen LogP contribution in [0.1, 0.15) is 49.8 Å². The van der Waals surface area contributed by atoms with Crippen molar-refractivity contribution in [3.05, 3.63) is 35.1 Å². The number of halogens is 1. The van der Waals surface area contributed by atoms with Gasteiger partial charge in [0.25, 0.3) is 0 Å². The van der Waals surface area contributed by atoms with Crippen LogP contribution in [-0.4, -0.2) is 6.04 Å². The van der Waals surface area contributed by atoms with Gasteiger partial charge in [-0.2, -0.15) is 0 Å². The van der Waals surface area contributed by atoms with Crippen molar-refractivity contribution in [2.75, 3.05) is 0 Å². The minimum atomic E-state index is -0.0875. The van der Waals surface area contributed by atoms with Crippen LogP contribution in [0.2, 0.25) is 0 Å². The monoisotopic (exact) mass is 247 g/mol. The second-order valence-electron chi connectivity index (χ2n) is 6.10. The van der Waals surface area contributed by atoms with Crippen LogP contribution in [0.5, 0.6) is 0 Å². The Hall–Kier alpha value is -0.890. The van der Waals surface area contributed by atoms with Gasteiger partial charge in [0.1, 0.15) is 5.82 Å². The van der Waals surface area contributed by atoms with Gasteiger partial charge in [0.15, 0.2) is 0 Å². The van der Waals surface area contributed by atoms with Gasteiger partial charge in [-0.05, 0) is 68.6 Å². The largest absolute Gasteiger partial charge is 0.307 e. The van der Waals surface area contributed by atoms with Gasteiger partial charge in [0.2, 0.25) is 0 Å². The SMILES string of the molecule is Cc1ccc(C(C)NC(C2CC2)C2CC2)cc1F. The molecule has 0 bridgehead atoms. The Balaban J connectivity index is 1.68. The molecule has 18 heavy (non-hydrogen) atoms. The zero-order chi connectivity index (χ0) is 12.7. The first-order valence-electron chi connectivity index (χ1n) is 7.17. The zero-order valence-corrected chi connectivity index (χ0v) is 11.2. The third-order valence-electron chi connectivity index (χ3n) is 4.40. The Bertz CT molecular complexity index is 423. The number of hydrogen-bond donors (Lipinski definition) is 1. The van der Waals surface area contributed by atoms with E-state index in [0.717, 1.165) is 23.0 Å². The van der Waals surface area contributed by atoms with Crippen molar-refractivity contribution in [1.29, 1.82) is 0 Å². The molecule has 1 aromatic carbocycles. The first kappa shape index (κ1) is 12.2. The maximum atomic E-state index is 13.6.